The lowest BCUT2D eigenvalue weighted by Gasteiger charge is -1.95. The zero-order chi connectivity index (χ0) is 13.2. The Labute approximate surface area is 114 Å². The molecule has 19 heavy (non-hydrogen) atoms. The normalized spacial score (nSPS) is 11.3. The Bertz CT molecular complexity index is 702. The zero-order valence-corrected chi connectivity index (χ0v) is 11.4. The Kier molecular flexibility index (Phi) is 3.33. The van der Waals surface area contributed by atoms with Crippen molar-refractivity contribution in [3.8, 4) is 10.6 Å². The number of benzene rings is 1. The van der Waals surface area contributed by atoms with Gasteiger partial charge in [-0.25, -0.2) is 4.98 Å². The Balaban J connectivity index is 2.11. The number of furan rings is 1. The van der Waals surface area contributed by atoms with Crippen molar-refractivity contribution in [1.82, 2.24) is 4.98 Å². The molecule has 98 valence electrons. The molecule has 2 aromatic heterocycles. The molecule has 2 heterocycles. The number of hydrogen-bond acceptors (Lipinski definition) is 5. The van der Waals surface area contributed by atoms with Crippen LogP contribution >= 0.6 is 11.3 Å². The summed E-state index contributed by atoms with van der Waals surface area (Å²) in [5, 5.41) is 2.00. The molecule has 0 spiro atoms. The summed E-state index contributed by atoms with van der Waals surface area (Å²) in [5.41, 5.74) is 8.55. The number of fused-ring (bicyclic) bond motifs is 1. The van der Waals surface area contributed by atoms with Crippen LogP contribution in [0.2, 0.25) is 0 Å². The minimum Gasteiger partial charge on any atom is -0.464 e. The van der Waals surface area contributed by atoms with Crippen molar-refractivity contribution in [2.24, 2.45) is 5.73 Å². The molecule has 0 saturated heterocycles. The smallest absolute Gasteiger partial charge is 0.134 e. The zero-order valence-electron chi connectivity index (χ0n) is 10.6. The summed E-state index contributed by atoms with van der Waals surface area (Å²) in [6.45, 7) is 0.963. The number of rotatable bonds is 4. The molecular formula is C14H14N2O2S. The van der Waals surface area contributed by atoms with Crippen LogP contribution in [0.5, 0.6) is 0 Å². The summed E-state index contributed by atoms with van der Waals surface area (Å²) in [7, 11) is 1.66. The summed E-state index contributed by atoms with van der Waals surface area (Å²) in [6.07, 6.45) is 1.75. The molecule has 1 aromatic carbocycles. The van der Waals surface area contributed by atoms with E-state index in [0.717, 1.165) is 32.1 Å². The number of nitrogens with two attached hydrogens (primary N) is 1. The van der Waals surface area contributed by atoms with Crippen molar-refractivity contribution in [3.05, 3.63) is 41.1 Å². The molecule has 2 N–H and O–H groups in total. The highest BCUT2D eigenvalue weighted by Crippen LogP contribution is 2.34. The lowest BCUT2D eigenvalue weighted by atomic mass is 10.2. The quantitative estimate of drug-likeness (QED) is 0.793. The van der Waals surface area contributed by atoms with Gasteiger partial charge in [0, 0.05) is 23.9 Å². The molecule has 0 aliphatic heterocycles. The first-order chi connectivity index (χ1) is 9.33. The first-order valence-electron chi connectivity index (χ1n) is 5.97. The van der Waals surface area contributed by atoms with E-state index in [2.05, 4.69) is 4.98 Å². The molecular weight excluding hydrogens is 260 g/mol. The van der Waals surface area contributed by atoms with Gasteiger partial charge < -0.3 is 14.9 Å². The molecule has 0 fully saturated rings. The third kappa shape index (κ3) is 2.16. The van der Waals surface area contributed by atoms with Gasteiger partial charge in [-0.15, -0.1) is 11.3 Å². The lowest BCUT2D eigenvalue weighted by Crippen LogP contribution is -1.99. The van der Waals surface area contributed by atoms with Crippen LogP contribution in [0.25, 0.3) is 21.5 Å². The number of thiazole rings is 1. The van der Waals surface area contributed by atoms with E-state index in [9.17, 15) is 0 Å². The standard InChI is InChI=1S/C14H14N2O2S/c1-17-8-11-13(6-15)19-14(16-11)10-7-18-12-5-3-2-4-9(10)12/h2-5,7H,6,8,15H2,1H3. The van der Waals surface area contributed by atoms with Gasteiger partial charge in [0.25, 0.3) is 0 Å². The fourth-order valence-electron chi connectivity index (χ4n) is 2.05. The monoisotopic (exact) mass is 274 g/mol. The molecule has 4 nitrogen and oxygen atoms in total. The molecule has 0 aliphatic carbocycles. The van der Waals surface area contributed by atoms with E-state index in [-0.39, 0.29) is 0 Å². The van der Waals surface area contributed by atoms with Gasteiger partial charge in [-0.05, 0) is 6.07 Å². The fourth-order valence-corrected chi connectivity index (χ4v) is 3.01. The van der Waals surface area contributed by atoms with E-state index in [0.29, 0.717) is 13.2 Å². The van der Waals surface area contributed by atoms with Gasteiger partial charge in [0.05, 0.1) is 17.9 Å². The van der Waals surface area contributed by atoms with Gasteiger partial charge in [-0.2, -0.15) is 0 Å². The molecule has 0 saturated carbocycles. The van der Waals surface area contributed by atoms with Crippen molar-refractivity contribution in [3.63, 3.8) is 0 Å². The number of para-hydroxylation sites is 1. The minimum absolute atomic E-state index is 0.478. The molecule has 0 atom stereocenters. The van der Waals surface area contributed by atoms with Gasteiger partial charge in [0.1, 0.15) is 16.9 Å². The molecule has 5 heteroatoms. The molecule has 3 aromatic rings. The number of methoxy groups -OCH3 is 1. The molecule has 0 bridgehead atoms. The average molecular weight is 274 g/mol. The van der Waals surface area contributed by atoms with E-state index in [1.807, 2.05) is 24.3 Å². The third-order valence-corrected chi connectivity index (χ3v) is 4.11. The van der Waals surface area contributed by atoms with Gasteiger partial charge in [0.2, 0.25) is 0 Å². The summed E-state index contributed by atoms with van der Waals surface area (Å²) < 4.78 is 10.7. The average Bonchev–Trinajstić information content (AvgIpc) is 3.02. The second-order valence-electron chi connectivity index (χ2n) is 4.17. The summed E-state index contributed by atoms with van der Waals surface area (Å²) in [4.78, 5) is 5.67. The number of ether oxygens (including phenoxy) is 1. The van der Waals surface area contributed by atoms with Crippen LogP contribution < -0.4 is 5.73 Å². The maximum atomic E-state index is 5.75. The van der Waals surface area contributed by atoms with Crippen molar-refractivity contribution in [2.75, 3.05) is 7.11 Å². The summed E-state index contributed by atoms with van der Waals surface area (Å²) in [5.74, 6) is 0. The van der Waals surface area contributed by atoms with Crippen LogP contribution in [0.4, 0.5) is 0 Å². The van der Waals surface area contributed by atoms with Gasteiger partial charge in [0.15, 0.2) is 0 Å². The van der Waals surface area contributed by atoms with E-state index >= 15 is 0 Å². The summed E-state index contributed by atoms with van der Waals surface area (Å²) >= 11 is 1.60. The van der Waals surface area contributed by atoms with Crippen LogP contribution in [0, 0.1) is 0 Å². The van der Waals surface area contributed by atoms with E-state index in [1.54, 1.807) is 24.7 Å². The van der Waals surface area contributed by atoms with Crippen molar-refractivity contribution >= 4 is 22.3 Å². The predicted molar refractivity (Wildman–Crippen MR) is 75.9 cm³/mol. The van der Waals surface area contributed by atoms with E-state index in [4.69, 9.17) is 14.9 Å². The molecule has 3 rings (SSSR count). The maximum absolute atomic E-state index is 5.75. The molecule has 0 radical (unpaired) electrons. The van der Waals surface area contributed by atoms with Crippen molar-refractivity contribution < 1.29 is 9.15 Å². The van der Waals surface area contributed by atoms with Crippen LogP contribution in [-0.2, 0) is 17.9 Å². The highest BCUT2D eigenvalue weighted by atomic mass is 32.1. The molecule has 0 amide bonds. The SMILES string of the molecule is COCc1nc(-c2coc3ccccc23)sc1CN. The fraction of sp³-hybridized carbons (Fsp3) is 0.214. The Hall–Kier alpha value is -1.69. The van der Waals surface area contributed by atoms with Gasteiger partial charge >= 0.3 is 0 Å². The maximum Gasteiger partial charge on any atom is 0.134 e. The number of hydrogen-bond donors (Lipinski definition) is 1. The summed E-state index contributed by atoms with van der Waals surface area (Å²) in [6, 6.07) is 7.94. The second-order valence-corrected chi connectivity index (χ2v) is 5.26. The molecule has 0 unspecified atom stereocenters. The van der Waals surface area contributed by atoms with Crippen molar-refractivity contribution in [1.29, 1.82) is 0 Å². The number of nitrogens with zero attached hydrogens (tertiary/aromatic N) is 1. The van der Waals surface area contributed by atoms with Crippen LogP contribution in [0.1, 0.15) is 10.6 Å². The van der Waals surface area contributed by atoms with Crippen LogP contribution in [-0.4, -0.2) is 12.1 Å². The largest absolute Gasteiger partial charge is 0.464 e. The van der Waals surface area contributed by atoms with Gasteiger partial charge in [-0.1, -0.05) is 18.2 Å². The lowest BCUT2D eigenvalue weighted by molar-refractivity contribution is 0.181. The Morgan fingerprint density at radius 3 is 3.00 bits per heavy atom. The van der Waals surface area contributed by atoms with Crippen molar-refractivity contribution in [2.45, 2.75) is 13.2 Å². The molecule has 0 aliphatic rings. The third-order valence-electron chi connectivity index (χ3n) is 2.96. The topological polar surface area (TPSA) is 61.3 Å². The second kappa shape index (κ2) is 5.13. The van der Waals surface area contributed by atoms with E-state index in [1.165, 1.54) is 0 Å². The highest BCUT2D eigenvalue weighted by molar-refractivity contribution is 7.15. The predicted octanol–water partition coefficient (Wildman–Crippen LogP) is 3.16. The number of aromatic nitrogens is 1. The Morgan fingerprint density at radius 2 is 2.21 bits per heavy atom. The first-order valence-corrected chi connectivity index (χ1v) is 6.79. The highest BCUT2D eigenvalue weighted by Gasteiger charge is 2.15. The van der Waals surface area contributed by atoms with Crippen LogP contribution in [0.3, 0.4) is 0 Å². The minimum atomic E-state index is 0.478. The van der Waals surface area contributed by atoms with E-state index < -0.39 is 0 Å². The van der Waals surface area contributed by atoms with Crippen LogP contribution in [0.15, 0.2) is 34.9 Å². The Morgan fingerprint density at radius 1 is 1.37 bits per heavy atom. The van der Waals surface area contributed by atoms with Gasteiger partial charge in [-0.3, -0.25) is 0 Å². The first kappa shape index (κ1) is 12.3.